The minimum absolute atomic E-state index is 0.725. The largest absolute Gasteiger partial charge is 0.212 e. The molecule has 4 rings (SSSR count). The number of thioether (sulfide) groups is 1. The van der Waals surface area contributed by atoms with Gasteiger partial charge in [-0.15, -0.1) is 10.2 Å². The van der Waals surface area contributed by atoms with Gasteiger partial charge in [0, 0.05) is 16.3 Å². The van der Waals surface area contributed by atoms with Crippen molar-refractivity contribution in [2.75, 3.05) is 5.75 Å². The van der Waals surface area contributed by atoms with Gasteiger partial charge in [-0.1, -0.05) is 65.3 Å². The van der Waals surface area contributed by atoms with Gasteiger partial charge in [0.25, 0.3) is 0 Å². The molecule has 0 atom stereocenters. The normalized spacial score (nSPS) is 13.6. The van der Waals surface area contributed by atoms with Crippen molar-refractivity contribution in [3.8, 4) is 11.4 Å². The van der Waals surface area contributed by atoms with Crippen molar-refractivity contribution in [3.63, 3.8) is 0 Å². The van der Waals surface area contributed by atoms with Gasteiger partial charge < -0.3 is 0 Å². The first-order valence-electron chi connectivity index (χ1n) is 7.20. The van der Waals surface area contributed by atoms with Crippen LogP contribution in [-0.2, 0) is 0 Å². The summed E-state index contributed by atoms with van der Waals surface area (Å²) in [4.78, 5) is 0. The molecule has 6 heteroatoms. The summed E-state index contributed by atoms with van der Waals surface area (Å²) in [5, 5.41) is 14.8. The van der Waals surface area contributed by atoms with Gasteiger partial charge in [-0.25, -0.2) is 0 Å². The fourth-order valence-corrected chi connectivity index (χ4v) is 3.36. The van der Waals surface area contributed by atoms with Crippen molar-refractivity contribution >= 4 is 29.1 Å². The van der Waals surface area contributed by atoms with Crippen LogP contribution in [0.5, 0.6) is 0 Å². The molecule has 0 bridgehead atoms. The van der Waals surface area contributed by atoms with E-state index < -0.39 is 0 Å². The number of rotatable bonds is 2. The second-order valence-corrected chi connectivity index (χ2v) is 6.71. The van der Waals surface area contributed by atoms with E-state index in [4.69, 9.17) is 16.7 Å². The Bertz CT molecular complexity index is 882. The van der Waals surface area contributed by atoms with E-state index >= 15 is 0 Å². The van der Waals surface area contributed by atoms with E-state index in [1.165, 1.54) is 5.56 Å². The molecule has 0 N–H and O–H groups in total. The van der Waals surface area contributed by atoms with Crippen LogP contribution in [0.25, 0.3) is 11.4 Å². The van der Waals surface area contributed by atoms with E-state index in [-0.39, 0.29) is 0 Å². The first-order chi connectivity index (χ1) is 11.2. The third-order valence-corrected chi connectivity index (χ3v) is 4.84. The Balaban J connectivity index is 1.77. The Kier molecular flexibility index (Phi) is 3.67. The minimum Gasteiger partial charge on any atom is -0.187 e. The zero-order chi connectivity index (χ0) is 15.8. The monoisotopic (exact) mass is 340 g/mol. The highest BCUT2D eigenvalue weighted by molar-refractivity contribution is 7.99. The summed E-state index contributed by atoms with van der Waals surface area (Å²) in [6, 6.07) is 16.0. The molecular formula is C17H13ClN4S. The number of hydrogen-bond donors (Lipinski definition) is 0. The molecule has 114 valence electrons. The maximum absolute atomic E-state index is 5.96. The van der Waals surface area contributed by atoms with E-state index in [1.807, 2.05) is 41.1 Å². The van der Waals surface area contributed by atoms with Crippen molar-refractivity contribution in [3.05, 3.63) is 64.7 Å². The molecule has 0 unspecified atom stereocenters. The molecule has 0 amide bonds. The summed E-state index contributed by atoms with van der Waals surface area (Å²) in [7, 11) is 0. The molecule has 23 heavy (non-hydrogen) atoms. The van der Waals surface area contributed by atoms with Crippen molar-refractivity contribution in [2.24, 2.45) is 5.10 Å². The summed E-state index contributed by atoms with van der Waals surface area (Å²) in [5.41, 5.74) is 4.28. The highest BCUT2D eigenvalue weighted by Gasteiger charge is 2.20. The van der Waals surface area contributed by atoms with Crippen LogP contribution >= 0.6 is 23.4 Å². The van der Waals surface area contributed by atoms with Crippen molar-refractivity contribution in [1.82, 2.24) is 14.9 Å². The summed E-state index contributed by atoms with van der Waals surface area (Å²) in [6.45, 7) is 2.07. The smallest absolute Gasteiger partial charge is 0.187 e. The zero-order valence-electron chi connectivity index (χ0n) is 12.4. The molecule has 0 saturated heterocycles. The Labute approximate surface area is 143 Å². The van der Waals surface area contributed by atoms with Gasteiger partial charge in [-0.05, 0) is 24.6 Å². The quantitative estimate of drug-likeness (QED) is 0.700. The third kappa shape index (κ3) is 2.78. The molecule has 1 aromatic heterocycles. The van der Waals surface area contributed by atoms with Crippen LogP contribution in [0.3, 0.4) is 0 Å². The Morgan fingerprint density at radius 1 is 0.957 bits per heavy atom. The molecule has 0 spiro atoms. The van der Waals surface area contributed by atoms with E-state index in [2.05, 4.69) is 29.3 Å². The average Bonchev–Trinajstić information content (AvgIpc) is 2.99. The Morgan fingerprint density at radius 2 is 1.65 bits per heavy atom. The topological polar surface area (TPSA) is 43.1 Å². The van der Waals surface area contributed by atoms with Crippen molar-refractivity contribution < 1.29 is 0 Å². The van der Waals surface area contributed by atoms with E-state index in [0.29, 0.717) is 0 Å². The fraction of sp³-hybridized carbons (Fsp3) is 0.118. The summed E-state index contributed by atoms with van der Waals surface area (Å²) in [6.07, 6.45) is 0. The standard InChI is InChI=1S/C17H13ClN4S/c1-11-2-4-13(5-3-11)16-19-20-17-22(16)21-15(10-23-17)12-6-8-14(18)9-7-12/h2-9H,10H2,1H3. The number of benzene rings is 2. The average molecular weight is 341 g/mol. The lowest BCUT2D eigenvalue weighted by Crippen LogP contribution is -2.13. The molecule has 1 aliphatic rings. The molecule has 0 fully saturated rings. The molecule has 0 radical (unpaired) electrons. The molecular weight excluding hydrogens is 328 g/mol. The molecule has 3 aromatic rings. The highest BCUT2D eigenvalue weighted by Crippen LogP contribution is 2.28. The SMILES string of the molecule is Cc1ccc(-c2nnc3n2N=C(c2ccc(Cl)cc2)CS3)cc1. The van der Waals surface area contributed by atoms with Crippen LogP contribution in [-0.4, -0.2) is 26.3 Å². The Hall–Kier alpha value is -2.11. The molecule has 2 heterocycles. The number of nitrogens with zero attached hydrogens (tertiary/aromatic N) is 4. The Morgan fingerprint density at radius 3 is 2.39 bits per heavy atom. The lowest BCUT2D eigenvalue weighted by Gasteiger charge is -2.14. The van der Waals surface area contributed by atoms with Crippen LogP contribution < -0.4 is 0 Å². The number of hydrogen-bond acceptors (Lipinski definition) is 4. The molecule has 0 aliphatic carbocycles. The first kappa shape index (κ1) is 14.5. The lowest BCUT2D eigenvalue weighted by atomic mass is 10.1. The van der Waals surface area contributed by atoms with Gasteiger partial charge in [0.1, 0.15) is 0 Å². The van der Waals surface area contributed by atoms with Gasteiger partial charge in [0.2, 0.25) is 5.16 Å². The molecule has 4 nitrogen and oxygen atoms in total. The molecule has 1 aliphatic heterocycles. The van der Waals surface area contributed by atoms with Crippen LogP contribution in [0.15, 0.2) is 58.8 Å². The summed E-state index contributed by atoms with van der Waals surface area (Å²) >= 11 is 7.60. The third-order valence-electron chi connectivity index (χ3n) is 3.66. The van der Waals surface area contributed by atoms with Gasteiger partial charge >= 0.3 is 0 Å². The molecule has 2 aromatic carbocycles. The maximum Gasteiger partial charge on any atom is 0.212 e. The zero-order valence-corrected chi connectivity index (χ0v) is 14.0. The van der Waals surface area contributed by atoms with Gasteiger partial charge in [-0.3, -0.25) is 0 Å². The van der Waals surface area contributed by atoms with Crippen LogP contribution in [0.2, 0.25) is 5.02 Å². The number of aromatic nitrogens is 3. The van der Waals surface area contributed by atoms with Crippen LogP contribution in [0.1, 0.15) is 11.1 Å². The van der Waals surface area contributed by atoms with Gasteiger partial charge in [-0.2, -0.15) is 9.78 Å². The van der Waals surface area contributed by atoms with Crippen LogP contribution in [0.4, 0.5) is 0 Å². The van der Waals surface area contributed by atoms with Crippen LogP contribution in [0, 0.1) is 6.92 Å². The number of aryl methyl sites for hydroxylation is 1. The van der Waals surface area contributed by atoms with Gasteiger partial charge in [0.05, 0.1) is 5.71 Å². The minimum atomic E-state index is 0.725. The van der Waals surface area contributed by atoms with Crippen molar-refractivity contribution in [1.29, 1.82) is 0 Å². The van der Waals surface area contributed by atoms with E-state index in [9.17, 15) is 0 Å². The predicted molar refractivity (Wildman–Crippen MR) is 94.3 cm³/mol. The summed E-state index contributed by atoms with van der Waals surface area (Å²) in [5.74, 6) is 1.53. The van der Waals surface area contributed by atoms with E-state index in [1.54, 1.807) is 11.8 Å². The molecule has 0 saturated carbocycles. The maximum atomic E-state index is 5.96. The van der Waals surface area contributed by atoms with E-state index in [0.717, 1.165) is 38.6 Å². The second-order valence-electron chi connectivity index (χ2n) is 5.33. The van der Waals surface area contributed by atoms with Gasteiger partial charge in [0.15, 0.2) is 5.82 Å². The number of fused-ring (bicyclic) bond motifs is 1. The second kappa shape index (κ2) is 5.83. The fourth-order valence-electron chi connectivity index (χ4n) is 2.39. The first-order valence-corrected chi connectivity index (χ1v) is 8.56. The number of halogens is 1. The summed E-state index contributed by atoms with van der Waals surface area (Å²) < 4.78 is 1.82. The lowest BCUT2D eigenvalue weighted by molar-refractivity contribution is 0.762. The predicted octanol–water partition coefficient (Wildman–Crippen LogP) is 4.27. The van der Waals surface area contributed by atoms with Crippen molar-refractivity contribution in [2.45, 2.75) is 12.1 Å². The highest BCUT2D eigenvalue weighted by atomic mass is 35.5.